The zero-order valence-corrected chi connectivity index (χ0v) is 15.8. The summed E-state index contributed by atoms with van der Waals surface area (Å²) in [5.74, 6) is 0.892. The van der Waals surface area contributed by atoms with Gasteiger partial charge in [0.25, 0.3) is 0 Å². The van der Waals surface area contributed by atoms with Gasteiger partial charge >= 0.3 is 6.18 Å². The van der Waals surface area contributed by atoms with Crippen molar-refractivity contribution in [2.24, 2.45) is 0 Å². The van der Waals surface area contributed by atoms with Crippen molar-refractivity contribution >= 4 is 5.91 Å². The molecule has 150 valence electrons. The number of nitrogens with zero attached hydrogens (tertiary/aromatic N) is 3. The van der Waals surface area contributed by atoms with Gasteiger partial charge in [-0.3, -0.25) is 4.79 Å². The van der Waals surface area contributed by atoms with E-state index in [0.717, 1.165) is 12.5 Å². The molecule has 1 unspecified atom stereocenters. The molecule has 0 N–H and O–H groups in total. The predicted octanol–water partition coefficient (Wildman–Crippen LogP) is 4.07. The molecule has 0 spiro atoms. The molecule has 8 heteroatoms. The van der Waals surface area contributed by atoms with Crippen molar-refractivity contribution in [3.05, 3.63) is 47.1 Å². The van der Waals surface area contributed by atoms with Crippen molar-refractivity contribution in [1.29, 1.82) is 0 Å². The fourth-order valence-electron chi connectivity index (χ4n) is 4.23. The lowest BCUT2D eigenvalue weighted by molar-refractivity contribution is -0.137. The summed E-state index contributed by atoms with van der Waals surface area (Å²) in [5.41, 5.74) is -1.17. The van der Waals surface area contributed by atoms with E-state index < -0.39 is 22.6 Å². The van der Waals surface area contributed by atoms with Crippen molar-refractivity contribution < 1.29 is 22.5 Å². The third-order valence-electron chi connectivity index (χ3n) is 6.24. The Hall–Kier alpha value is -2.38. The number of rotatable bonds is 3. The molecule has 5 nitrogen and oxygen atoms in total. The molecule has 1 amide bonds. The van der Waals surface area contributed by atoms with Gasteiger partial charge in [-0.25, -0.2) is 0 Å². The second-order valence-corrected chi connectivity index (χ2v) is 8.19. The van der Waals surface area contributed by atoms with Gasteiger partial charge in [-0.05, 0) is 37.8 Å². The maximum atomic E-state index is 13.2. The van der Waals surface area contributed by atoms with Crippen LogP contribution in [0.2, 0.25) is 0 Å². The van der Waals surface area contributed by atoms with Crippen LogP contribution in [-0.4, -0.2) is 34.0 Å². The molecule has 1 aromatic heterocycles. The molecule has 1 atom stereocenters. The molecule has 1 saturated heterocycles. The van der Waals surface area contributed by atoms with Crippen molar-refractivity contribution in [3.8, 4) is 0 Å². The zero-order chi connectivity index (χ0) is 20.2. The molecule has 1 aliphatic heterocycles. The molecule has 2 aliphatic rings. The molecule has 0 radical (unpaired) electrons. The van der Waals surface area contributed by atoms with Crippen LogP contribution in [0.3, 0.4) is 0 Å². The van der Waals surface area contributed by atoms with Gasteiger partial charge in [0.05, 0.1) is 16.4 Å². The number of carbonyl (C=O) groups is 1. The third kappa shape index (κ3) is 2.99. The van der Waals surface area contributed by atoms with E-state index in [1.54, 1.807) is 11.0 Å². The molecule has 0 bridgehead atoms. The molecule has 1 saturated carbocycles. The van der Waals surface area contributed by atoms with Gasteiger partial charge in [0, 0.05) is 20.0 Å². The normalized spacial score (nSPS) is 24.2. The first-order valence-corrected chi connectivity index (χ1v) is 9.42. The average Bonchev–Trinajstić information content (AvgIpc) is 3.22. The van der Waals surface area contributed by atoms with Crippen LogP contribution in [0.4, 0.5) is 13.2 Å². The van der Waals surface area contributed by atoms with E-state index in [9.17, 15) is 18.0 Å². The van der Waals surface area contributed by atoms with Crippen LogP contribution in [0.15, 0.2) is 28.8 Å². The Morgan fingerprint density at radius 1 is 1.25 bits per heavy atom. The van der Waals surface area contributed by atoms with E-state index in [0.29, 0.717) is 49.6 Å². The summed E-state index contributed by atoms with van der Waals surface area (Å²) in [5, 5.41) is 4.17. The summed E-state index contributed by atoms with van der Waals surface area (Å²) in [6.45, 7) is 4.63. The molecule has 2 fully saturated rings. The number of carbonyl (C=O) groups excluding carboxylic acids is 1. The van der Waals surface area contributed by atoms with E-state index in [1.807, 2.05) is 6.92 Å². The summed E-state index contributed by atoms with van der Waals surface area (Å²) < 4.78 is 45.0. The quantitative estimate of drug-likeness (QED) is 0.789. The smallest absolute Gasteiger partial charge is 0.342 e. The van der Waals surface area contributed by atoms with Gasteiger partial charge in [-0.1, -0.05) is 29.8 Å². The van der Waals surface area contributed by atoms with Gasteiger partial charge in [0.1, 0.15) is 0 Å². The summed E-state index contributed by atoms with van der Waals surface area (Å²) in [6, 6.07) is 5.42. The number of hydrogen-bond donors (Lipinski definition) is 0. The van der Waals surface area contributed by atoms with Crippen LogP contribution in [0.25, 0.3) is 0 Å². The van der Waals surface area contributed by atoms with Crippen LogP contribution in [0, 0.1) is 0 Å². The average molecular weight is 393 g/mol. The minimum absolute atomic E-state index is 0.00268. The monoisotopic (exact) mass is 393 g/mol. The van der Waals surface area contributed by atoms with Crippen molar-refractivity contribution in [2.45, 2.75) is 56.5 Å². The van der Waals surface area contributed by atoms with E-state index in [1.165, 1.54) is 19.1 Å². The lowest BCUT2D eigenvalue weighted by atomic mass is 9.63. The molecule has 1 aromatic carbocycles. The summed E-state index contributed by atoms with van der Waals surface area (Å²) in [7, 11) is 0. The van der Waals surface area contributed by atoms with Crippen LogP contribution >= 0.6 is 0 Å². The van der Waals surface area contributed by atoms with Gasteiger partial charge in [0.15, 0.2) is 5.82 Å². The van der Waals surface area contributed by atoms with Gasteiger partial charge in [-0.15, -0.1) is 0 Å². The highest BCUT2D eigenvalue weighted by Crippen LogP contribution is 2.49. The lowest BCUT2D eigenvalue weighted by Crippen LogP contribution is -2.37. The SMILES string of the molecule is CC(=O)N1CCC(C)(c2nc(C3(c4cccc(C(F)(F)F)c4)CCC3)no2)C1. The highest BCUT2D eigenvalue weighted by Gasteiger charge is 2.48. The van der Waals surface area contributed by atoms with Gasteiger partial charge in [0.2, 0.25) is 11.8 Å². The molecule has 28 heavy (non-hydrogen) atoms. The predicted molar refractivity (Wildman–Crippen MR) is 94.6 cm³/mol. The van der Waals surface area contributed by atoms with E-state index >= 15 is 0 Å². The van der Waals surface area contributed by atoms with Crippen LogP contribution < -0.4 is 0 Å². The number of likely N-dealkylation sites (tertiary alicyclic amines) is 1. The fourth-order valence-corrected chi connectivity index (χ4v) is 4.23. The molecule has 2 heterocycles. The van der Waals surface area contributed by atoms with Crippen molar-refractivity contribution in [3.63, 3.8) is 0 Å². The molecular formula is C20H22F3N3O2. The third-order valence-corrected chi connectivity index (χ3v) is 6.24. The first-order chi connectivity index (χ1) is 13.1. The maximum Gasteiger partial charge on any atom is 0.416 e. The topological polar surface area (TPSA) is 59.2 Å². The van der Waals surface area contributed by atoms with Gasteiger partial charge in [-0.2, -0.15) is 18.2 Å². The minimum atomic E-state index is -4.39. The standard InChI is InChI=1S/C20H22F3N3O2/c1-13(27)26-10-9-18(2,12-26)17-24-16(25-28-17)19(7-4-8-19)14-5-3-6-15(11-14)20(21,22)23/h3,5-6,11H,4,7-10,12H2,1-2H3. The largest absolute Gasteiger partial charge is 0.416 e. The Morgan fingerprint density at radius 3 is 2.57 bits per heavy atom. The van der Waals surface area contributed by atoms with Crippen LogP contribution in [-0.2, 0) is 21.8 Å². The Bertz CT molecular complexity index is 904. The number of aromatic nitrogens is 2. The highest BCUT2D eigenvalue weighted by atomic mass is 19.4. The van der Waals surface area contributed by atoms with Crippen LogP contribution in [0.1, 0.15) is 62.4 Å². The summed E-state index contributed by atoms with van der Waals surface area (Å²) >= 11 is 0. The Balaban J connectivity index is 1.67. The van der Waals surface area contributed by atoms with Crippen molar-refractivity contribution in [2.75, 3.05) is 13.1 Å². The summed E-state index contributed by atoms with van der Waals surface area (Å²) in [4.78, 5) is 18.0. The first-order valence-electron chi connectivity index (χ1n) is 9.42. The zero-order valence-electron chi connectivity index (χ0n) is 15.8. The number of hydrogen-bond acceptors (Lipinski definition) is 4. The Labute approximate surface area is 160 Å². The maximum absolute atomic E-state index is 13.2. The fraction of sp³-hybridized carbons (Fsp3) is 0.550. The van der Waals surface area contributed by atoms with Crippen molar-refractivity contribution in [1.82, 2.24) is 15.0 Å². The molecule has 4 rings (SSSR count). The number of benzene rings is 1. The number of alkyl halides is 3. The second-order valence-electron chi connectivity index (χ2n) is 8.19. The highest BCUT2D eigenvalue weighted by molar-refractivity contribution is 5.73. The number of amides is 1. The minimum Gasteiger partial charge on any atom is -0.342 e. The molecular weight excluding hydrogens is 371 g/mol. The van der Waals surface area contributed by atoms with E-state index in [4.69, 9.17) is 4.52 Å². The number of halogens is 3. The lowest BCUT2D eigenvalue weighted by Gasteiger charge is -2.39. The second kappa shape index (κ2) is 6.32. The Kier molecular flexibility index (Phi) is 4.28. The molecule has 2 aromatic rings. The molecule has 1 aliphatic carbocycles. The van der Waals surface area contributed by atoms with Gasteiger partial charge < -0.3 is 9.42 Å². The Morgan fingerprint density at radius 2 is 2.00 bits per heavy atom. The van der Waals surface area contributed by atoms with E-state index in [2.05, 4.69) is 10.1 Å². The summed E-state index contributed by atoms with van der Waals surface area (Å²) in [6.07, 6.45) is -1.41. The van der Waals surface area contributed by atoms with Crippen LogP contribution in [0.5, 0.6) is 0 Å². The first kappa shape index (κ1) is 19.0. The van der Waals surface area contributed by atoms with E-state index in [-0.39, 0.29) is 5.91 Å².